The molecule has 138 valence electrons. The number of aromatic nitrogens is 4. The lowest BCUT2D eigenvalue weighted by Crippen LogP contribution is -2.26. The third-order valence-corrected chi connectivity index (χ3v) is 3.64. The zero-order valence-electron chi connectivity index (χ0n) is 14.1. The summed E-state index contributed by atoms with van der Waals surface area (Å²) in [4.78, 5) is 22.2. The molecule has 0 spiro atoms. The predicted molar refractivity (Wildman–Crippen MR) is 93.0 cm³/mol. The van der Waals surface area contributed by atoms with Crippen molar-refractivity contribution in [1.29, 1.82) is 0 Å². The number of H-pyrrole nitrogens is 1. The first-order valence-electron chi connectivity index (χ1n) is 7.80. The first-order valence-corrected chi connectivity index (χ1v) is 7.80. The average molecular weight is 361 g/mol. The van der Waals surface area contributed by atoms with Crippen molar-refractivity contribution in [3.8, 4) is 11.5 Å². The van der Waals surface area contributed by atoms with Gasteiger partial charge in [-0.05, 0) is 24.3 Å². The van der Waals surface area contributed by atoms with Gasteiger partial charge < -0.3 is 25.1 Å². The number of rotatable bonds is 8. The molecule has 0 bridgehead atoms. The number of imidazole rings is 1. The molecule has 3 aromatic rings. The highest BCUT2D eigenvalue weighted by molar-refractivity contribution is 5.70. The largest absolute Gasteiger partial charge is 0.497 e. The van der Waals surface area contributed by atoms with Crippen molar-refractivity contribution in [3.05, 3.63) is 40.9 Å². The third kappa shape index (κ3) is 3.92. The van der Waals surface area contributed by atoms with E-state index in [0.29, 0.717) is 11.4 Å². The number of nitrogens with two attached hydrogens (primary N) is 1. The van der Waals surface area contributed by atoms with E-state index in [1.807, 2.05) is 0 Å². The lowest BCUT2D eigenvalue weighted by Gasteiger charge is -2.17. The molecule has 0 aliphatic carbocycles. The number of benzene rings is 1. The molecule has 0 fully saturated rings. The predicted octanol–water partition coefficient (Wildman–Crippen LogP) is 0.124. The summed E-state index contributed by atoms with van der Waals surface area (Å²) in [5, 5.41) is 9.48. The van der Waals surface area contributed by atoms with E-state index in [0.717, 1.165) is 5.75 Å². The lowest BCUT2D eigenvalue weighted by atomic mass is 10.3. The number of methoxy groups -OCH3 is 1. The fourth-order valence-corrected chi connectivity index (χ4v) is 2.27. The van der Waals surface area contributed by atoms with Crippen LogP contribution in [0.15, 0.2) is 35.4 Å². The van der Waals surface area contributed by atoms with Crippen LogP contribution < -0.4 is 20.8 Å². The molecule has 0 saturated heterocycles. The van der Waals surface area contributed by atoms with Crippen molar-refractivity contribution in [1.82, 2.24) is 19.5 Å². The first-order chi connectivity index (χ1) is 12.6. The minimum atomic E-state index is -0.575. The number of nitrogens with zero attached hydrogens (tertiary/aromatic N) is 3. The Morgan fingerprint density at radius 1 is 1.31 bits per heavy atom. The smallest absolute Gasteiger partial charge is 0.280 e. The topological polar surface area (TPSA) is 138 Å². The maximum absolute atomic E-state index is 11.8. The van der Waals surface area contributed by atoms with Gasteiger partial charge >= 0.3 is 0 Å². The van der Waals surface area contributed by atoms with E-state index in [1.165, 1.54) is 10.9 Å². The van der Waals surface area contributed by atoms with Crippen LogP contribution in [-0.4, -0.2) is 51.1 Å². The molecule has 0 radical (unpaired) electrons. The molecule has 1 atom stereocenters. The number of aliphatic hydroxyl groups excluding tert-OH is 1. The average Bonchev–Trinajstić information content (AvgIpc) is 3.05. The molecule has 4 N–H and O–H groups in total. The summed E-state index contributed by atoms with van der Waals surface area (Å²) in [5.74, 6) is 1.34. The molecule has 26 heavy (non-hydrogen) atoms. The van der Waals surface area contributed by atoms with Crippen LogP contribution in [0.2, 0.25) is 0 Å². The second kappa shape index (κ2) is 7.85. The number of fused-ring (bicyclic) bond motifs is 1. The van der Waals surface area contributed by atoms with Crippen LogP contribution in [0.4, 0.5) is 5.95 Å². The highest BCUT2D eigenvalue weighted by atomic mass is 16.5. The van der Waals surface area contributed by atoms with Crippen molar-refractivity contribution in [3.63, 3.8) is 0 Å². The zero-order chi connectivity index (χ0) is 18.5. The maximum atomic E-state index is 11.8. The third-order valence-electron chi connectivity index (χ3n) is 3.64. The molecule has 2 aromatic heterocycles. The first kappa shape index (κ1) is 17.7. The number of ether oxygens (including phenoxy) is 3. The fraction of sp³-hybridized carbons (Fsp3) is 0.312. The van der Waals surface area contributed by atoms with Crippen LogP contribution in [0.1, 0.15) is 0 Å². The van der Waals surface area contributed by atoms with Crippen molar-refractivity contribution in [2.24, 2.45) is 0 Å². The molecule has 1 unspecified atom stereocenters. The molecule has 0 saturated carbocycles. The summed E-state index contributed by atoms with van der Waals surface area (Å²) in [6.45, 7) is -0.0614. The van der Waals surface area contributed by atoms with E-state index in [9.17, 15) is 9.90 Å². The number of nitrogens with one attached hydrogen (secondary N) is 1. The zero-order valence-corrected chi connectivity index (χ0v) is 14.1. The van der Waals surface area contributed by atoms with E-state index in [4.69, 9.17) is 19.9 Å². The van der Waals surface area contributed by atoms with Gasteiger partial charge in [0.25, 0.3) is 5.56 Å². The minimum Gasteiger partial charge on any atom is -0.497 e. The Morgan fingerprint density at radius 3 is 2.73 bits per heavy atom. The number of anilines is 1. The van der Waals surface area contributed by atoms with Crippen molar-refractivity contribution >= 4 is 17.1 Å². The van der Waals surface area contributed by atoms with Gasteiger partial charge in [-0.2, -0.15) is 4.98 Å². The Balaban J connectivity index is 1.61. The lowest BCUT2D eigenvalue weighted by molar-refractivity contribution is -0.0437. The fourth-order valence-electron chi connectivity index (χ4n) is 2.27. The van der Waals surface area contributed by atoms with Crippen molar-refractivity contribution in [2.75, 3.05) is 26.1 Å². The van der Waals surface area contributed by atoms with E-state index >= 15 is 0 Å². The second-order valence-corrected chi connectivity index (χ2v) is 5.42. The Kier molecular flexibility index (Phi) is 5.34. The maximum Gasteiger partial charge on any atom is 0.280 e. The summed E-state index contributed by atoms with van der Waals surface area (Å²) >= 11 is 0. The van der Waals surface area contributed by atoms with E-state index in [1.54, 1.807) is 31.4 Å². The molecule has 0 aliphatic heterocycles. The number of aromatic amines is 1. The van der Waals surface area contributed by atoms with Gasteiger partial charge in [-0.25, -0.2) is 4.98 Å². The SMILES string of the molecule is COc1ccc(OCC(CO)OCn2cnc3c(=O)[nH]c(N)nc32)cc1. The molecule has 2 heterocycles. The number of hydrogen-bond donors (Lipinski definition) is 3. The van der Waals surface area contributed by atoms with Crippen LogP contribution in [-0.2, 0) is 11.5 Å². The number of hydrogen-bond acceptors (Lipinski definition) is 8. The van der Waals surface area contributed by atoms with Crippen LogP contribution in [0.3, 0.4) is 0 Å². The van der Waals surface area contributed by atoms with Crippen LogP contribution in [0, 0.1) is 0 Å². The number of nitrogen functional groups attached to an aromatic ring is 1. The number of aliphatic hydroxyl groups is 1. The Hall–Kier alpha value is -3.11. The Morgan fingerprint density at radius 2 is 2.04 bits per heavy atom. The summed E-state index contributed by atoms with van der Waals surface area (Å²) in [7, 11) is 1.58. The summed E-state index contributed by atoms with van der Waals surface area (Å²) in [6.07, 6.45) is 0.847. The van der Waals surface area contributed by atoms with Crippen LogP contribution in [0.25, 0.3) is 11.2 Å². The minimum absolute atomic E-state index is 0.00852. The van der Waals surface area contributed by atoms with Crippen LogP contribution >= 0.6 is 0 Å². The van der Waals surface area contributed by atoms with Gasteiger partial charge in [0.15, 0.2) is 11.2 Å². The van der Waals surface area contributed by atoms with E-state index < -0.39 is 11.7 Å². The molecule has 1 aromatic carbocycles. The molecule has 3 rings (SSSR count). The normalized spacial score (nSPS) is 12.2. The molecular formula is C16H19N5O5. The molecule has 10 heteroatoms. The molecular weight excluding hydrogens is 342 g/mol. The second-order valence-electron chi connectivity index (χ2n) is 5.42. The molecule has 0 amide bonds. The van der Waals surface area contributed by atoms with Gasteiger partial charge in [-0.15, -0.1) is 0 Å². The van der Waals surface area contributed by atoms with E-state index in [-0.39, 0.29) is 31.4 Å². The summed E-state index contributed by atoms with van der Waals surface area (Å²) in [5.41, 5.74) is 5.60. The highest BCUT2D eigenvalue weighted by Gasteiger charge is 2.13. The van der Waals surface area contributed by atoms with Crippen LogP contribution in [0.5, 0.6) is 11.5 Å². The quantitative estimate of drug-likeness (QED) is 0.514. The molecule has 0 aliphatic rings. The van der Waals surface area contributed by atoms with Gasteiger partial charge in [0.2, 0.25) is 5.95 Å². The molecule has 10 nitrogen and oxygen atoms in total. The van der Waals surface area contributed by atoms with E-state index in [2.05, 4.69) is 15.0 Å². The van der Waals surface area contributed by atoms with Gasteiger partial charge in [0.05, 0.1) is 20.0 Å². The summed E-state index contributed by atoms with van der Waals surface area (Å²) in [6, 6.07) is 7.07. The van der Waals surface area contributed by atoms with Crippen molar-refractivity contribution < 1.29 is 19.3 Å². The monoisotopic (exact) mass is 361 g/mol. The Labute approximate surface area is 148 Å². The Bertz CT molecular complexity index is 921. The highest BCUT2D eigenvalue weighted by Crippen LogP contribution is 2.17. The summed E-state index contributed by atoms with van der Waals surface area (Å²) < 4.78 is 17.8. The van der Waals surface area contributed by atoms with Gasteiger partial charge in [-0.1, -0.05) is 0 Å². The van der Waals surface area contributed by atoms with Crippen molar-refractivity contribution in [2.45, 2.75) is 12.8 Å². The van der Waals surface area contributed by atoms with Gasteiger partial charge in [0.1, 0.15) is 30.9 Å². The van der Waals surface area contributed by atoms with Gasteiger partial charge in [0, 0.05) is 0 Å². The standard InChI is InChI=1S/C16H19N5O5/c1-24-10-2-4-11(5-3-10)25-7-12(6-22)26-9-21-8-18-13-14(21)19-16(17)20-15(13)23/h2-5,8,12,22H,6-7,9H2,1H3,(H3,17,19,20,23). The van der Waals surface area contributed by atoms with Gasteiger partial charge in [-0.3, -0.25) is 14.3 Å².